The van der Waals surface area contributed by atoms with Gasteiger partial charge in [-0.15, -0.1) is 0 Å². The summed E-state index contributed by atoms with van der Waals surface area (Å²) in [7, 11) is 0. The van der Waals surface area contributed by atoms with E-state index in [1.807, 2.05) is 31.2 Å². The lowest BCUT2D eigenvalue weighted by molar-refractivity contribution is -0.111. The van der Waals surface area contributed by atoms with Crippen LogP contribution in [0.3, 0.4) is 0 Å². The second-order valence-corrected chi connectivity index (χ2v) is 4.66. The molecule has 2 N–H and O–H groups in total. The molecule has 1 saturated heterocycles. The number of benzene rings is 1. The van der Waals surface area contributed by atoms with Crippen molar-refractivity contribution in [3.8, 4) is 0 Å². The summed E-state index contributed by atoms with van der Waals surface area (Å²) < 4.78 is 0. The number of hydrogen-bond donors (Lipinski definition) is 2. The zero-order chi connectivity index (χ0) is 11.5. The van der Waals surface area contributed by atoms with Crippen molar-refractivity contribution in [2.45, 2.75) is 25.4 Å². The highest BCUT2D eigenvalue weighted by Gasteiger charge is 2.32. The highest BCUT2D eigenvalue weighted by atomic mass is 35.5. The van der Waals surface area contributed by atoms with Gasteiger partial charge in [0.15, 0.2) is 0 Å². The lowest BCUT2D eigenvalue weighted by Gasteiger charge is -2.14. The topological polar surface area (TPSA) is 41.1 Å². The first kappa shape index (κ1) is 11.6. The maximum atomic E-state index is 11.0. The third-order valence-electron chi connectivity index (χ3n) is 3.06. The minimum absolute atomic E-state index is 0.0238. The van der Waals surface area contributed by atoms with E-state index >= 15 is 0 Å². The highest BCUT2D eigenvalue weighted by molar-refractivity contribution is 6.30. The Morgan fingerprint density at radius 3 is 2.62 bits per heavy atom. The van der Waals surface area contributed by atoms with Gasteiger partial charge in [0.25, 0.3) is 0 Å². The first-order valence-electron chi connectivity index (χ1n) is 5.41. The molecule has 1 aromatic rings. The van der Waals surface area contributed by atoms with Gasteiger partial charge >= 0.3 is 0 Å². The molecular weight excluding hydrogens is 224 g/mol. The van der Waals surface area contributed by atoms with E-state index in [1.54, 1.807) is 0 Å². The molecule has 1 aliphatic rings. The molecule has 3 unspecified atom stereocenters. The molecule has 0 bridgehead atoms. The zero-order valence-electron chi connectivity index (χ0n) is 9.11. The van der Waals surface area contributed by atoms with Crippen LogP contribution in [-0.2, 0) is 11.2 Å². The summed E-state index contributed by atoms with van der Waals surface area (Å²) in [5.74, 6) is 0.0238. The van der Waals surface area contributed by atoms with Crippen LogP contribution in [0.1, 0.15) is 12.5 Å². The Morgan fingerprint density at radius 1 is 1.31 bits per heavy atom. The largest absolute Gasteiger partial charge is 0.303 e. The molecule has 1 heterocycles. The molecule has 1 aromatic carbocycles. The number of hydrazine groups is 1. The molecule has 0 radical (unpaired) electrons. The van der Waals surface area contributed by atoms with Gasteiger partial charge < -0.3 is 4.79 Å². The smallest absolute Gasteiger partial charge is 0.126 e. The monoisotopic (exact) mass is 238 g/mol. The first-order valence-corrected chi connectivity index (χ1v) is 5.79. The van der Waals surface area contributed by atoms with Crippen LogP contribution >= 0.6 is 11.6 Å². The number of carbonyl (C=O) groups is 1. The number of rotatable bonds is 3. The molecule has 2 rings (SSSR count). The van der Waals surface area contributed by atoms with Crippen molar-refractivity contribution in [3.63, 3.8) is 0 Å². The second kappa shape index (κ2) is 4.95. The second-order valence-electron chi connectivity index (χ2n) is 4.23. The van der Waals surface area contributed by atoms with Crippen LogP contribution in [0, 0.1) is 5.92 Å². The molecule has 16 heavy (non-hydrogen) atoms. The van der Waals surface area contributed by atoms with E-state index in [0.717, 1.165) is 17.7 Å². The molecule has 86 valence electrons. The van der Waals surface area contributed by atoms with Gasteiger partial charge in [0.1, 0.15) is 6.29 Å². The number of nitrogens with one attached hydrogen (secondary N) is 2. The minimum Gasteiger partial charge on any atom is -0.303 e. The van der Waals surface area contributed by atoms with E-state index in [9.17, 15) is 4.79 Å². The van der Waals surface area contributed by atoms with Gasteiger partial charge in [-0.1, -0.05) is 23.7 Å². The number of halogens is 1. The SMILES string of the molecule is CC1NNC(Cc2ccc(Cl)cc2)C1C=O. The minimum atomic E-state index is 0.0238. The van der Waals surface area contributed by atoms with Gasteiger partial charge in [-0.3, -0.25) is 10.9 Å². The van der Waals surface area contributed by atoms with Crippen LogP contribution in [0.25, 0.3) is 0 Å². The molecule has 4 heteroatoms. The molecule has 0 aromatic heterocycles. The Balaban J connectivity index is 2.04. The summed E-state index contributed by atoms with van der Waals surface area (Å²) in [6.07, 6.45) is 1.86. The molecule has 0 saturated carbocycles. The van der Waals surface area contributed by atoms with Gasteiger partial charge in [0.2, 0.25) is 0 Å². The van der Waals surface area contributed by atoms with Crippen molar-refractivity contribution in [2.24, 2.45) is 5.92 Å². The number of carbonyl (C=O) groups excluding carboxylic acids is 1. The fraction of sp³-hybridized carbons (Fsp3) is 0.417. The molecule has 0 spiro atoms. The van der Waals surface area contributed by atoms with Crippen molar-refractivity contribution in [1.29, 1.82) is 0 Å². The van der Waals surface area contributed by atoms with Crippen molar-refractivity contribution in [2.75, 3.05) is 0 Å². The van der Waals surface area contributed by atoms with Crippen LogP contribution in [0.4, 0.5) is 0 Å². The van der Waals surface area contributed by atoms with E-state index < -0.39 is 0 Å². The van der Waals surface area contributed by atoms with E-state index in [4.69, 9.17) is 11.6 Å². The standard InChI is InChI=1S/C12H15ClN2O/c1-8-11(7-16)12(15-14-8)6-9-2-4-10(13)5-3-9/h2-5,7-8,11-12,14-15H,6H2,1H3. The average Bonchev–Trinajstić information content (AvgIpc) is 2.63. The third kappa shape index (κ3) is 2.43. The van der Waals surface area contributed by atoms with Crippen LogP contribution in [0.15, 0.2) is 24.3 Å². The maximum absolute atomic E-state index is 11.0. The maximum Gasteiger partial charge on any atom is 0.126 e. The van der Waals surface area contributed by atoms with E-state index in [2.05, 4.69) is 10.9 Å². The normalized spacial score (nSPS) is 29.2. The van der Waals surface area contributed by atoms with Gasteiger partial charge in [-0.2, -0.15) is 0 Å². The molecule has 3 atom stereocenters. The fourth-order valence-corrected chi connectivity index (χ4v) is 2.18. The molecule has 0 aliphatic carbocycles. The lowest BCUT2D eigenvalue weighted by Crippen LogP contribution is -2.34. The van der Waals surface area contributed by atoms with Crippen molar-refractivity contribution < 1.29 is 4.79 Å². The Morgan fingerprint density at radius 2 is 2.00 bits per heavy atom. The predicted molar refractivity (Wildman–Crippen MR) is 64.2 cm³/mol. The summed E-state index contributed by atoms with van der Waals surface area (Å²) in [6, 6.07) is 8.09. The Hall–Kier alpha value is -0.900. The van der Waals surface area contributed by atoms with E-state index in [0.29, 0.717) is 0 Å². The summed E-state index contributed by atoms with van der Waals surface area (Å²) in [4.78, 5) is 11.0. The van der Waals surface area contributed by atoms with Crippen LogP contribution < -0.4 is 10.9 Å². The van der Waals surface area contributed by atoms with E-state index in [1.165, 1.54) is 5.56 Å². The molecular formula is C12H15ClN2O. The van der Waals surface area contributed by atoms with Gasteiger partial charge in [-0.25, -0.2) is 0 Å². The Labute approximate surface area is 100 Å². The summed E-state index contributed by atoms with van der Waals surface area (Å²) in [6.45, 7) is 2.01. The molecule has 1 fully saturated rings. The number of hydrogen-bond acceptors (Lipinski definition) is 3. The summed E-state index contributed by atoms with van der Waals surface area (Å²) in [5, 5.41) is 0.738. The third-order valence-corrected chi connectivity index (χ3v) is 3.32. The lowest BCUT2D eigenvalue weighted by atomic mass is 9.92. The van der Waals surface area contributed by atoms with Crippen LogP contribution in [-0.4, -0.2) is 18.4 Å². The quantitative estimate of drug-likeness (QED) is 0.786. The molecule has 1 aliphatic heterocycles. The molecule has 3 nitrogen and oxygen atoms in total. The molecule has 0 amide bonds. The summed E-state index contributed by atoms with van der Waals surface area (Å²) >= 11 is 5.82. The average molecular weight is 239 g/mol. The van der Waals surface area contributed by atoms with Gasteiger partial charge in [0, 0.05) is 23.0 Å². The summed E-state index contributed by atoms with van der Waals surface area (Å²) in [5.41, 5.74) is 7.44. The highest BCUT2D eigenvalue weighted by Crippen LogP contribution is 2.18. The van der Waals surface area contributed by atoms with Gasteiger partial charge in [0.05, 0.1) is 0 Å². The Kier molecular flexibility index (Phi) is 3.59. The van der Waals surface area contributed by atoms with Crippen molar-refractivity contribution in [1.82, 2.24) is 10.9 Å². The van der Waals surface area contributed by atoms with E-state index in [-0.39, 0.29) is 18.0 Å². The van der Waals surface area contributed by atoms with Crippen LogP contribution in [0.5, 0.6) is 0 Å². The zero-order valence-corrected chi connectivity index (χ0v) is 9.87. The fourth-order valence-electron chi connectivity index (χ4n) is 2.05. The first-order chi connectivity index (χ1) is 7.70. The van der Waals surface area contributed by atoms with Crippen molar-refractivity contribution in [3.05, 3.63) is 34.9 Å². The Bertz CT molecular complexity index is 366. The predicted octanol–water partition coefficient (Wildman–Crippen LogP) is 1.56. The number of aldehydes is 1. The van der Waals surface area contributed by atoms with Gasteiger partial charge in [-0.05, 0) is 31.0 Å². The van der Waals surface area contributed by atoms with Crippen LogP contribution in [0.2, 0.25) is 5.02 Å². The van der Waals surface area contributed by atoms with Crippen molar-refractivity contribution >= 4 is 17.9 Å².